The van der Waals surface area contributed by atoms with Gasteiger partial charge in [-0.3, -0.25) is 4.79 Å². The predicted molar refractivity (Wildman–Crippen MR) is 81.2 cm³/mol. The Kier molecular flexibility index (Phi) is 5.32. The number of rotatable bonds is 6. The van der Waals surface area contributed by atoms with Crippen LogP contribution in [0.2, 0.25) is 0 Å². The average Bonchev–Trinajstić information content (AvgIpc) is 2.94. The SMILES string of the molecule is COc1ccccc1C[NH2+]CC(=O)Nc1sccc1C#N. The van der Waals surface area contributed by atoms with Gasteiger partial charge in [0, 0.05) is 5.56 Å². The van der Waals surface area contributed by atoms with E-state index in [0.717, 1.165) is 11.3 Å². The summed E-state index contributed by atoms with van der Waals surface area (Å²) < 4.78 is 5.26. The van der Waals surface area contributed by atoms with Crippen LogP contribution in [0.25, 0.3) is 0 Å². The van der Waals surface area contributed by atoms with Gasteiger partial charge in [0.2, 0.25) is 0 Å². The zero-order valence-electron chi connectivity index (χ0n) is 11.6. The van der Waals surface area contributed by atoms with Crippen LogP contribution >= 0.6 is 11.3 Å². The molecular weight excluding hydrogens is 286 g/mol. The molecule has 2 aromatic rings. The first-order valence-corrected chi connectivity index (χ1v) is 7.33. The molecule has 0 radical (unpaired) electrons. The van der Waals surface area contributed by atoms with Gasteiger partial charge in [0.15, 0.2) is 6.54 Å². The van der Waals surface area contributed by atoms with Crippen LogP contribution in [0.4, 0.5) is 5.00 Å². The van der Waals surface area contributed by atoms with E-state index in [1.165, 1.54) is 11.3 Å². The van der Waals surface area contributed by atoms with Crippen molar-refractivity contribution < 1.29 is 14.8 Å². The number of nitrogens with two attached hydrogens (primary N) is 1. The molecule has 0 fully saturated rings. The standard InChI is InChI=1S/C15H15N3O2S/c1-20-13-5-3-2-4-12(13)9-17-10-14(19)18-15-11(8-16)6-7-21-15/h2-7,17H,9-10H2,1H3,(H,18,19)/p+1. The van der Waals surface area contributed by atoms with Crippen LogP contribution in [-0.2, 0) is 11.3 Å². The number of quaternary nitrogens is 1. The highest BCUT2D eigenvalue weighted by atomic mass is 32.1. The second-order valence-electron chi connectivity index (χ2n) is 4.33. The first kappa shape index (κ1) is 15.0. The highest BCUT2D eigenvalue weighted by molar-refractivity contribution is 7.14. The summed E-state index contributed by atoms with van der Waals surface area (Å²) in [6.45, 7) is 0.952. The second kappa shape index (κ2) is 7.43. The number of carbonyl (C=O) groups is 1. The molecule has 0 spiro atoms. The van der Waals surface area contributed by atoms with Crippen LogP contribution in [0, 0.1) is 11.3 Å². The highest BCUT2D eigenvalue weighted by Crippen LogP contribution is 2.21. The van der Waals surface area contributed by atoms with Crippen molar-refractivity contribution in [2.45, 2.75) is 6.54 Å². The molecule has 1 amide bonds. The monoisotopic (exact) mass is 302 g/mol. The van der Waals surface area contributed by atoms with Gasteiger partial charge in [-0.2, -0.15) is 5.26 Å². The highest BCUT2D eigenvalue weighted by Gasteiger charge is 2.10. The summed E-state index contributed by atoms with van der Waals surface area (Å²) in [7, 11) is 1.63. The lowest BCUT2D eigenvalue weighted by Gasteiger charge is -2.07. The van der Waals surface area contributed by atoms with Gasteiger partial charge < -0.3 is 15.4 Å². The van der Waals surface area contributed by atoms with Crippen molar-refractivity contribution in [2.24, 2.45) is 0 Å². The van der Waals surface area contributed by atoms with Crippen LogP contribution in [0.3, 0.4) is 0 Å². The summed E-state index contributed by atoms with van der Waals surface area (Å²) >= 11 is 1.35. The maximum Gasteiger partial charge on any atom is 0.280 e. The Morgan fingerprint density at radius 1 is 1.43 bits per heavy atom. The molecule has 3 N–H and O–H groups in total. The van der Waals surface area contributed by atoms with Gasteiger partial charge in [-0.05, 0) is 23.6 Å². The lowest BCUT2D eigenvalue weighted by Crippen LogP contribution is -2.84. The van der Waals surface area contributed by atoms with Crippen molar-refractivity contribution >= 4 is 22.2 Å². The third kappa shape index (κ3) is 4.05. The number of benzene rings is 1. The number of nitrogens with one attached hydrogen (secondary N) is 1. The summed E-state index contributed by atoms with van der Waals surface area (Å²) in [6, 6.07) is 11.5. The van der Waals surface area contributed by atoms with E-state index in [4.69, 9.17) is 10.00 Å². The normalized spacial score (nSPS) is 9.90. The second-order valence-corrected chi connectivity index (χ2v) is 5.25. The summed E-state index contributed by atoms with van der Waals surface area (Å²) in [5.41, 5.74) is 1.54. The van der Waals surface area contributed by atoms with E-state index in [2.05, 4.69) is 5.32 Å². The number of hydrogen-bond acceptors (Lipinski definition) is 4. The van der Waals surface area contributed by atoms with Crippen molar-refractivity contribution in [3.8, 4) is 11.8 Å². The Hall–Kier alpha value is -2.36. The smallest absolute Gasteiger partial charge is 0.280 e. The van der Waals surface area contributed by atoms with Crippen LogP contribution < -0.4 is 15.4 Å². The molecule has 2 rings (SSSR count). The molecule has 0 saturated heterocycles. The number of amides is 1. The molecular formula is C15H16N3O2S+. The number of methoxy groups -OCH3 is 1. The van der Waals surface area contributed by atoms with Gasteiger partial charge >= 0.3 is 0 Å². The quantitative estimate of drug-likeness (QED) is 0.845. The van der Waals surface area contributed by atoms with Crippen LogP contribution in [0.5, 0.6) is 5.75 Å². The fourth-order valence-corrected chi connectivity index (χ4v) is 2.66. The summed E-state index contributed by atoms with van der Waals surface area (Å²) in [4.78, 5) is 11.8. The lowest BCUT2D eigenvalue weighted by molar-refractivity contribution is -0.659. The Labute approximate surface area is 127 Å². The van der Waals surface area contributed by atoms with Crippen molar-refractivity contribution in [3.63, 3.8) is 0 Å². The van der Waals surface area contributed by atoms with Crippen molar-refractivity contribution in [1.82, 2.24) is 0 Å². The Morgan fingerprint density at radius 2 is 2.24 bits per heavy atom. The van der Waals surface area contributed by atoms with E-state index in [0.29, 0.717) is 23.7 Å². The fourth-order valence-electron chi connectivity index (χ4n) is 1.90. The molecule has 0 bridgehead atoms. The van der Waals surface area contributed by atoms with Crippen molar-refractivity contribution in [2.75, 3.05) is 19.0 Å². The van der Waals surface area contributed by atoms with E-state index in [1.807, 2.05) is 35.7 Å². The zero-order valence-corrected chi connectivity index (χ0v) is 12.4. The van der Waals surface area contributed by atoms with Crippen LogP contribution in [0.1, 0.15) is 11.1 Å². The minimum absolute atomic E-state index is 0.121. The number of para-hydroxylation sites is 1. The Bertz CT molecular complexity index is 661. The number of hydrogen-bond donors (Lipinski definition) is 2. The number of nitrogens with zero attached hydrogens (tertiary/aromatic N) is 1. The molecule has 1 aromatic carbocycles. The third-order valence-corrected chi connectivity index (χ3v) is 3.75. The number of anilines is 1. The van der Waals surface area contributed by atoms with Gasteiger partial charge in [0.1, 0.15) is 23.4 Å². The van der Waals surface area contributed by atoms with Crippen molar-refractivity contribution in [3.05, 3.63) is 46.8 Å². The van der Waals surface area contributed by atoms with Crippen molar-refractivity contribution in [1.29, 1.82) is 5.26 Å². The summed E-state index contributed by atoms with van der Waals surface area (Å²) in [5, 5.41) is 15.9. The lowest BCUT2D eigenvalue weighted by atomic mass is 10.2. The van der Waals surface area contributed by atoms with Gasteiger partial charge in [0.25, 0.3) is 5.91 Å². The molecule has 21 heavy (non-hydrogen) atoms. The fraction of sp³-hybridized carbons (Fsp3) is 0.200. The topological polar surface area (TPSA) is 78.7 Å². The number of ether oxygens (including phenoxy) is 1. The molecule has 0 atom stereocenters. The maximum absolute atomic E-state index is 11.8. The average molecular weight is 302 g/mol. The largest absolute Gasteiger partial charge is 0.496 e. The molecule has 0 aliphatic carbocycles. The molecule has 1 aromatic heterocycles. The molecule has 5 nitrogen and oxygen atoms in total. The van der Waals surface area contributed by atoms with E-state index in [9.17, 15) is 4.79 Å². The molecule has 0 aliphatic heterocycles. The Balaban J connectivity index is 1.84. The zero-order chi connectivity index (χ0) is 15.1. The van der Waals surface area contributed by atoms with Gasteiger partial charge in [-0.25, -0.2) is 0 Å². The minimum Gasteiger partial charge on any atom is -0.496 e. The summed E-state index contributed by atoms with van der Waals surface area (Å²) in [6.07, 6.45) is 0. The van der Waals surface area contributed by atoms with E-state index < -0.39 is 0 Å². The molecule has 0 saturated carbocycles. The number of thiophene rings is 1. The van der Waals surface area contributed by atoms with Gasteiger partial charge in [-0.1, -0.05) is 12.1 Å². The van der Waals surface area contributed by atoms with Crippen LogP contribution in [-0.4, -0.2) is 19.6 Å². The van der Waals surface area contributed by atoms with E-state index in [-0.39, 0.29) is 5.91 Å². The van der Waals surface area contributed by atoms with Crippen LogP contribution in [0.15, 0.2) is 35.7 Å². The first-order valence-electron chi connectivity index (χ1n) is 6.45. The molecule has 1 heterocycles. The van der Waals surface area contributed by atoms with Gasteiger partial charge in [-0.15, -0.1) is 11.3 Å². The predicted octanol–water partition coefficient (Wildman–Crippen LogP) is 1.33. The van der Waals surface area contributed by atoms with E-state index in [1.54, 1.807) is 18.6 Å². The molecule has 108 valence electrons. The number of carbonyl (C=O) groups excluding carboxylic acids is 1. The summed E-state index contributed by atoms with van der Waals surface area (Å²) in [5.74, 6) is 0.697. The van der Waals surface area contributed by atoms with E-state index >= 15 is 0 Å². The maximum atomic E-state index is 11.8. The first-order chi connectivity index (χ1) is 10.2. The minimum atomic E-state index is -0.121. The molecule has 0 unspecified atom stereocenters. The van der Waals surface area contributed by atoms with Gasteiger partial charge in [0.05, 0.1) is 12.7 Å². The Morgan fingerprint density at radius 3 is 3.00 bits per heavy atom. The number of nitriles is 1. The third-order valence-electron chi connectivity index (χ3n) is 2.93. The molecule has 6 heteroatoms. The molecule has 0 aliphatic rings.